The van der Waals surface area contributed by atoms with E-state index in [-0.39, 0.29) is 6.04 Å². The third-order valence-electron chi connectivity index (χ3n) is 3.54. The van der Waals surface area contributed by atoms with Crippen LogP contribution in [-0.2, 0) is 23.1 Å². The molecule has 5 nitrogen and oxygen atoms in total. The van der Waals surface area contributed by atoms with Crippen LogP contribution in [0.25, 0.3) is 0 Å². The first-order valence-electron chi connectivity index (χ1n) is 7.56. The van der Waals surface area contributed by atoms with Crippen LogP contribution < -0.4 is 10.0 Å². The number of hydrogen-bond donors (Lipinski definition) is 2. The predicted molar refractivity (Wildman–Crippen MR) is 88.2 cm³/mol. The van der Waals surface area contributed by atoms with E-state index in [9.17, 15) is 8.42 Å². The molecule has 1 aliphatic rings. The molecule has 1 fully saturated rings. The van der Waals surface area contributed by atoms with Crippen molar-refractivity contribution in [1.82, 2.24) is 14.6 Å². The van der Waals surface area contributed by atoms with Crippen molar-refractivity contribution < 1.29 is 8.42 Å². The van der Waals surface area contributed by atoms with E-state index in [1.54, 1.807) is 24.0 Å². The van der Waals surface area contributed by atoms with Crippen molar-refractivity contribution in [3.05, 3.63) is 18.0 Å². The van der Waals surface area contributed by atoms with Gasteiger partial charge in [0.2, 0.25) is 10.0 Å². The fourth-order valence-corrected chi connectivity index (χ4v) is 5.03. The summed E-state index contributed by atoms with van der Waals surface area (Å²) in [5.41, 5.74) is 1.03. The van der Waals surface area contributed by atoms with Crippen LogP contribution in [0, 0.1) is 0 Å². The first-order valence-corrected chi connectivity index (χ1v) is 10.2. The van der Waals surface area contributed by atoms with Gasteiger partial charge in [0.25, 0.3) is 0 Å². The van der Waals surface area contributed by atoms with Gasteiger partial charge in [0.1, 0.15) is 0 Å². The van der Waals surface area contributed by atoms with Crippen molar-refractivity contribution >= 4 is 21.8 Å². The number of aryl methyl sites for hydroxylation is 1. The molecule has 0 spiro atoms. The third kappa shape index (κ3) is 4.48. The number of nitrogens with one attached hydrogen (secondary N) is 2. The van der Waals surface area contributed by atoms with E-state index in [2.05, 4.69) is 17.0 Å². The van der Waals surface area contributed by atoms with E-state index in [1.807, 2.05) is 11.5 Å². The second-order valence-electron chi connectivity index (χ2n) is 5.32. The van der Waals surface area contributed by atoms with Crippen LogP contribution in [0.5, 0.6) is 0 Å². The van der Waals surface area contributed by atoms with Gasteiger partial charge in [0.05, 0.1) is 4.90 Å². The van der Waals surface area contributed by atoms with Gasteiger partial charge in [0.15, 0.2) is 0 Å². The largest absolute Gasteiger partial charge is 0.349 e. The normalized spacial score (nSPS) is 19.2. The van der Waals surface area contributed by atoms with Crippen molar-refractivity contribution in [2.45, 2.75) is 50.7 Å². The van der Waals surface area contributed by atoms with Crippen molar-refractivity contribution in [1.29, 1.82) is 0 Å². The fraction of sp³-hybridized carbons (Fsp3) is 0.714. The summed E-state index contributed by atoms with van der Waals surface area (Å²) in [5.74, 6) is 1.91. The van der Waals surface area contributed by atoms with Crippen LogP contribution in [0.1, 0.15) is 32.4 Å². The second kappa shape index (κ2) is 7.67. The lowest BCUT2D eigenvalue weighted by molar-refractivity contribution is 0.562. The topological polar surface area (TPSA) is 63.1 Å². The van der Waals surface area contributed by atoms with Gasteiger partial charge in [0, 0.05) is 36.8 Å². The molecule has 0 aromatic carbocycles. The number of nitrogens with zero attached hydrogens (tertiary/aromatic N) is 1. The Hall–Kier alpha value is -0.500. The lowest BCUT2D eigenvalue weighted by atomic mass is 10.3. The number of hydrogen-bond acceptors (Lipinski definition) is 4. The first kappa shape index (κ1) is 16.9. The predicted octanol–water partition coefficient (Wildman–Crippen LogP) is 1.79. The summed E-state index contributed by atoms with van der Waals surface area (Å²) in [6, 6.07) is 1.87. The van der Waals surface area contributed by atoms with Crippen LogP contribution in [0.2, 0.25) is 0 Å². The molecular formula is C14H25N3O2S2. The summed E-state index contributed by atoms with van der Waals surface area (Å²) >= 11 is 1.80. The average Bonchev–Trinajstić information content (AvgIpc) is 3.06. The van der Waals surface area contributed by atoms with E-state index in [1.165, 1.54) is 0 Å². The van der Waals surface area contributed by atoms with Crippen molar-refractivity contribution in [2.24, 2.45) is 0 Å². The maximum Gasteiger partial charge on any atom is 0.242 e. The second-order valence-corrected chi connectivity index (χ2v) is 8.19. The highest BCUT2D eigenvalue weighted by molar-refractivity contribution is 7.99. The third-order valence-corrected chi connectivity index (χ3v) is 6.19. The van der Waals surface area contributed by atoms with Crippen LogP contribution in [-0.4, -0.2) is 37.1 Å². The number of rotatable bonds is 8. The molecule has 120 valence electrons. The summed E-state index contributed by atoms with van der Waals surface area (Å²) in [7, 11) is -3.40. The SMILES string of the molecule is CCCn1cc(S(=O)(=O)NC2CCSC2)cc1CNCC. The highest BCUT2D eigenvalue weighted by Gasteiger charge is 2.24. The standard InChI is InChI=1S/C14H25N3O2S2/c1-3-6-17-10-14(8-13(17)9-15-4-2)21(18,19)16-12-5-7-20-11-12/h8,10,12,15-16H,3-7,9,11H2,1-2H3. The van der Waals surface area contributed by atoms with Gasteiger partial charge in [-0.3, -0.25) is 0 Å². The van der Waals surface area contributed by atoms with E-state index in [0.717, 1.165) is 43.1 Å². The molecule has 0 saturated carbocycles. The quantitative estimate of drug-likeness (QED) is 0.762. The highest BCUT2D eigenvalue weighted by Crippen LogP contribution is 2.21. The average molecular weight is 332 g/mol. The van der Waals surface area contributed by atoms with Gasteiger partial charge in [-0.2, -0.15) is 11.8 Å². The Bertz CT molecular complexity index is 549. The van der Waals surface area contributed by atoms with Gasteiger partial charge in [-0.25, -0.2) is 13.1 Å². The zero-order valence-corrected chi connectivity index (χ0v) is 14.4. The number of thioether (sulfide) groups is 1. The van der Waals surface area contributed by atoms with Crippen molar-refractivity contribution in [2.75, 3.05) is 18.1 Å². The Morgan fingerprint density at radius 3 is 2.86 bits per heavy atom. The van der Waals surface area contributed by atoms with Gasteiger partial charge >= 0.3 is 0 Å². The molecule has 21 heavy (non-hydrogen) atoms. The van der Waals surface area contributed by atoms with E-state index in [4.69, 9.17) is 0 Å². The minimum absolute atomic E-state index is 0.0757. The van der Waals surface area contributed by atoms with Crippen LogP contribution in [0.3, 0.4) is 0 Å². The van der Waals surface area contributed by atoms with E-state index in [0.29, 0.717) is 11.4 Å². The monoisotopic (exact) mass is 331 g/mol. The molecule has 0 bridgehead atoms. The molecule has 2 N–H and O–H groups in total. The maximum absolute atomic E-state index is 12.5. The smallest absolute Gasteiger partial charge is 0.242 e. The Labute approximate surface area is 131 Å². The molecule has 1 aromatic heterocycles. The number of aromatic nitrogens is 1. The molecule has 1 unspecified atom stereocenters. The molecule has 1 atom stereocenters. The molecular weight excluding hydrogens is 306 g/mol. The molecule has 2 rings (SSSR count). The molecule has 0 amide bonds. The molecule has 7 heteroatoms. The summed E-state index contributed by atoms with van der Waals surface area (Å²) in [5, 5.41) is 3.26. The molecule has 1 aromatic rings. The van der Waals surface area contributed by atoms with Crippen LogP contribution in [0.15, 0.2) is 17.2 Å². The lowest BCUT2D eigenvalue weighted by Gasteiger charge is -2.10. The Balaban J connectivity index is 2.16. The summed E-state index contributed by atoms with van der Waals surface area (Å²) in [4.78, 5) is 0.390. The van der Waals surface area contributed by atoms with Gasteiger partial charge in [-0.1, -0.05) is 13.8 Å². The molecule has 2 heterocycles. The van der Waals surface area contributed by atoms with Crippen molar-refractivity contribution in [3.63, 3.8) is 0 Å². The summed E-state index contributed by atoms with van der Waals surface area (Å²) in [6.45, 7) is 6.56. The van der Waals surface area contributed by atoms with Crippen LogP contribution >= 0.6 is 11.8 Å². The van der Waals surface area contributed by atoms with Gasteiger partial charge in [-0.05, 0) is 31.2 Å². The fourth-order valence-electron chi connectivity index (χ4n) is 2.44. The zero-order chi connectivity index (χ0) is 15.3. The lowest BCUT2D eigenvalue weighted by Crippen LogP contribution is -2.34. The minimum Gasteiger partial charge on any atom is -0.349 e. The van der Waals surface area contributed by atoms with Crippen LogP contribution in [0.4, 0.5) is 0 Å². The maximum atomic E-state index is 12.5. The highest BCUT2D eigenvalue weighted by atomic mass is 32.2. The Morgan fingerprint density at radius 1 is 1.43 bits per heavy atom. The Kier molecular flexibility index (Phi) is 6.16. The zero-order valence-electron chi connectivity index (χ0n) is 12.8. The minimum atomic E-state index is -3.40. The van der Waals surface area contributed by atoms with Gasteiger partial charge < -0.3 is 9.88 Å². The molecule has 0 aliphatic carbocycles. The molecule has 1 saturated heterocycles. The van der Waals surface area contributed by atoms with Gasteiger partial charge in [-0.15, -0.1) is 0 Å². The summed E-state index contributed by atoms with van der Waals surface area (Å²) < 4.78 is 29.8. The summed E-state index contributed by atoms with van der Waals surface area (Å²) in [6.07, 6.45) is 3.67. The first-order chi connectivity index (χ1) is 10.1. The van der Waals surface area contributed by atoms with E-state index < -0.39 is 10.0 Å². The number of sulfonamides is 1. The molecule has 1 aliphatic heterocycles. The van der Waals surface area contributed by atoms with E-state index >= 15 is 0 Å². The Morgan fingerprint density at radius 2 is 2.24 bits per heavy atom. The van der Waals surface area contributed by atoms with Crippen molar-refractivity contribution in [3.8, 4) is 0 Å². The molecule has 0 radical (unpaired) electrons.